The summed E-state index contributed by atoms with van der Waals surface area (Å²) in [6, 6.07) is 4.32. The van der Waals surface area contributed by atoms with E-state index in [0.717, 1.165) is 0 Å². The number of nitrogen functional groups attached to an aromatic ring is 1. The first-order valence-corrected chi connectivity index (χ1v) is 11.4. The third kappa shape index (κ3) is 3.82. The van der Waals surface area contributed by atoms with E-state index in [1.165, 1.54) is 12.1 Å². The zero-order valence-electron chi connectivity index (χ0n) is 14.1. The molecule has 0 aliphatic heterocycles. The first-order chi connectivity index (χ1) is 9.92. The van der Waals surface area contributed by atoms with Gasteiger partial charge in [-0.3, -0.25) is 0 Å². The van der Waals surface area contributed by atoms with Crippen molar-refractivity contribution < 1.29 is 13.2 Å². The summed E-state index contributed by atoms with van der Waals surface area (Å²) in [6.07, 6.45) is -4.40. The van der Waals surface area contributed by atoms with E-state index >= 15 is 0 Å². The molecule has 0 aromatic heterocycles. The Morgan fingerprint density at radius 3 is 1.77 bits per heavy atom. The van der Waals surface area contributed by atoms with E-state index in [9.17, 15) is 13.2 Å². The van der Waals surface area contributed by atoms with Gasteiger partial charge in [0.15, 0.2) is 0 Å². The molecule has 0 bridgehead atoms. The normalized spacial score (nSPS) is 13.5. The zero-order chi connectivity index (χ0) is 17.3. The summed E-state index contributed by atoms with van der Waals surface area (Å²) < 4.78 is 39.2. The minimum absolute atomic E-state index is 0.206. The summed E-state index contributed by atoms with van der Waals surface area (Å²) >= 11 is 1.68. The molecule has 0 aliphatic rings. The molecule has 0 aliphatic carbocycles. The Morgan fingerprint density at radius 2 is 1.41 bits per heavy atom. The van der Waals surface area contributed by atoms with Crippen molar-refractivity contribution in [3.8, 4) is 0 Å². The van der Waals surface area contributed by atoms with Gasteiger partial charge >= 0.3 is 6.18 Å². The van der Waals surface area contributed by atoms with Gasteiger partial charge in [-0.1, -0.05) is 41.5 Å². The monoisotopic (exact) mass is 349 g/mol. The fourth-order valence-corrected chi connectivity index (χ4v) is 12.6. The lowest BCUT2D eigenvalue weighted by Crippen LogP contribution is -2.41. The van der Waals surface area contributed by atoms with Crippen molar-refractivity contribution in [2.45, 2.75) is 69.2 Å². The molecule has 0 amide bonds. The fourth-order valence-electron chi connectivity index (χ4n) is 3.40. The van der Waals surface area contributed by atoms with Crippen molar-refractivity contribution in [1.82, 2.24) is 0 Å². The van der Waals surface area contributed by atoms with Crippen LogP contribution < -0.4 is 5.73 Å². The van der Waals surface area contributed by atoms with Crippen LogP contribution in [0, 0.1) is 0 Å². The van der Waals surface area contributed by atoms with Crippen LogP contribution in [0.5, 0.6) is 0 Å². The molecule has 0 saturated carbocycles. The van der Waals surface area contributed by atoms with Gasteiger partial charge in [0, 0.05) is 10.6 Å². The molecule has 22 heavy (non-hydrogen) atoms. The van der Waals surface area contributed by atoms with E-state index in [4.69, 9.17) is 5.73 Å². The molecule has 2 N–H and O–H groups in total. The lowest BCUT2D eigenvalue weighted by Gasteiger charge is -2.42. The summed E-state index contributed by atoms with van der Waals surface area (Å²) in [5, 5.41) is 0. The van der Waals surface area contributed by atoms with Crippen LogP contribution in [-0.2, 0) is 6.18 Å². The Kier molecular flexibility index (Phi) is 6.06. The Labute approximate surface area is 136 Å². The van der Waals surface area contributed by atoms with Gasteiger partial charge in [0.05, 0.1) is 5.56 Å². The van der Waals surface area contributed by atoms with Crippen LogP contribution >= 0.6 is 11.2 Å². The Morgan fingerprint density at radius 1 is 0.955 bits per heavy atom. The molecule has 0 radical (unpaired) electrons. The van der Waals surface area contributed by atoms with Crippen LogP contribution in [0.1, 0.15) is 47.1 Å². The Balaban J connectivity index is 3.31. The van der Waals surface area contributed by atoms with Gasteiger partial charge in [-0.2, -0.15) is 24.4 Å². The molecule has 1 aromatic carbocycles. The van der Waals surface area contributed by atoms with E-state index in [-0.39, 0.29) is 5.69 Å². The second-order valence-corrected chi connectivity index (χ2v) is 15.2. The largest absolute Gasteiger partial charge is 0.418 e. The van der Waals surface area contributed by atoms with E-state index in [2.05, 4.69) is 41.5 Å². The summed E-state index contributed by atoms with van der Waals surface area (Å²) in [5.74, 6) is 0. The predicted octanol–water partition coefficient (Wildman–Crippen LogP) is 6.56. The average Bonchev–Trinajstić information content (AvgIpc) is 2.34. The van der Waals surface area contributed by atoms with Gasteiger partial charge in [-0.05, 0) is 34.8 Å². The number of rotatable bonds is 5. The Hall–Kier alpha value is -0.623. The maximum atomic E-state index is 13.1. The highest BCUT2D eigenvalue weighted by atomic mass is 32.4. The first kappa shape index (κ1) is 19.4. The van der Waals surface area contributed by atoms with Crippen LogP contribution in [0.4, 0.5) is 18.9 Å². The van der Waals surface area contributed by atoms with E-state index in [0.29, 0.717) is 21.5 Å². The van der Waals surface area contributed by atoms with Gasteiger partial charge in [0.25, 0.3) is 0 Å². The highest BCUT2D eigenvalue weighted by molar-refractivity contribution is 8.29. The van der Waals surface area contributed by atoms with E-state index in [1.807, 2.05) is 0 Å². The molecule has 0 fully saturated rings. The maximum Gasteiger partial charge on any atom is 0.418 e. The lowest BCUT2D eigenvalue weighted by molar-refractivity contribution is -0.137. The number of benzene rings is 1. The minimum atomic E-state index is -4.40. The fraction of sp³-hybridized carbons (Fsp3) is 0.625. The summed E-state index contributed by atoms with van der Waals surface area (Å²) in [4.78, 5) is 0.685. The highest BCUT2D eigenvalue weighted by Gasteiger charge is 2.44. The molecule has 6 heteroatoms. The first-order valence-electron chi connectivity index (χ1n) is 7.58. The zero-order valence-corrected chi connectivity index (χ0v) is 15.9. The number of anilines is 1. The molecular weight excluding hydrogens is 323 g/mol. The lowest BCUT2D eigenvalue weighted by atomic mass is 10.2. The van der Waals surface area contributed by atoms with Gasteiger partial charge in [-0.15, -0.1) is 0 Å². The van der Waals surface area contributed by atoms with Crippen molar-refractivity contribution in [3.63, 3.8) is 0 Å². The Bertz CT molecular complexity index is 491. The number of halogens is 3. The van der Waals surface area contributed by atoms with Crippen molar-refractivity contribution in [1.29, 1.82) is 0 Å². The van der Waals surface area contributed by atoms with E-state index < -0.39 is 19.0 Å². The molecule has 0 heterocycles. The summed E-state index contributed by atoms with van der Waals surface area (Å²) in [5.41, 5.74) is 6.00. The number of alkyl halides is 3. The van der Waals surface area contributed by atoms with Crippen LogP contribution in [0.2, 0.25) is 16.6 Å². The van der Waals surface area contributed by atoms with Crippen molar-refractivity contribution in [2.24, 2.45) is 0 Å². The van der Waals surface area contributed by atoms with Gasteiger partial charge < -0.3 is 5.73 Å². The predicted molar refractivity (Wildman–Crippen MR) is 92.8 cm³/mol. The SMILES string of the molecule is CC(C)[Si](Sc1ccc(N)c(C(F)(F)F)c1)(C(C)C)C(C)C. The van der Waals surface area contributed by atoms with Crippen molar-refractivity contribution in [2.75, 3.05) is 5.73 Å². The van der Waals surface area contributed by atoms with Gasteiger partial charge in [0.1, 0.15) is 7.22 Å². The number of hydrogen-bond donors (Lipinski definition) is 1. The molecule has 1 aromatic rings. The molecule has 126 valence electrons. The van der Waals surface area contributed by atoms with Gasteiger partial charge in [0.2, 0.25) is 0 Å². The summed E-state index contributed by atoms with van der Waals surface area (Å²) in [7, 11) is -1.86. The molecule has 1 rings (SSSR count). The van der Waals surface area contributed by atoms with Crippen molar-refractivity contribution >= 4 is 24.1 Å². The maximum absolute atomic E-state index is 13.1. The highest BCUT2D eigenvalue weighted by Crippen LogP contribution is 2.52. The smallest absolute Gasteiger partial charge is 0.398 e. The minimum Gasteiger partial charge on any atom is -0.398 e. The standard InChI is InChI=1S/C16H26F3NSSi/c1-10(2)22(11(3)4,12(5)6)21-13-7-8-15(20)14(9-13)16(17,18)19/h7-12H,20H2,1-6H3. The average molecular weight is 350 g/mol. The quantitative estimate of drug-likeness (QED) is 0.481. The van der Waals surface area contributed by atoms with Crippen LogP contribution in [0.3, 0.4) is 0 Å². The number of nitrogens with two attached hydrogens (primary N) is 1. The van der Waals surface area contributed by atoms with Gasteiger partial charge in [-0.25, -0.2) is 0 Å². The molecule has 1 nitrogen and oxygen atoms in total. The third-order valence-corrected chi connectivity index (χ3v) is 16.6. The van der Waals surface area contributed by atoms with Crippen LogP contribution in [0.25, 0.3) is 0 Å². The van der Waals surface area contributed by atoms with E-state index in [1.54, 1.807) is 17.3 Å². The molecule has 0 atom stereocenters. The summed E-state index contributed by atoms with van der Waals surface area (Å²) in [6.45, 7) is 13.2. The van der Waals surface area contributed by atoms with Crippen LogP contribution in [0.15, 0.2) is 23.1 Å². The number of hydrogen-bond acceptors (Lipinski definition) is 2. The third-order valence-electron chi connectivity index (χ3n) is 4.33. The second kappa shape index (κ2) is 6.87. The molecule has 0 saturated heterocycles. The molecular formula is C16H26F3NSSi. The van der Waals surface area contributed by atoms with Crippen molar-refractivity contribution in [3.05, 3.63) is 23.8 Å². The van der Waals surface area contributed by atoms with Crippen LogP contribution in [-0.4, -0.2) is 7.22 Å². The molecule has 0 spiro atoms. The molecule has 0 unspecified atom stereocenters. The topological polar surface area (TPSA) is 26.0 Å². The second-order valence-electron chi connectivity index (χ2n) is 6.67.